The number of piperidine rings is 1. The van der Waals surface area contributed by atoms with Crippen molar-refractivity contribution in [1.82, 2.24) is 20.4 Å². The molecule has 1 amide bonds. The molecule has 1 aliphatic carbocycles. The molecule has 0 spiro atoms. The number of hydrogen-bond donors (Lipinski definition) is 2. The summed E-state index contributed by atoms with van der Waals surface area (Å²) in [6, 6.07) is 0.330. The second-order valence-electron chi connectivity index (χ2n) is 8.82. The lowest BCUT2D eigenvalue weighted by Gasteiger charge is -2.30. The highest BCUT2D eigenvalue weighted by molar-refractivity contribution is 14.0. The van der Waals surface area contributed by atoms with Crippen LogP contribution in [0.15, 0.2) is 4.99 Å². The van der Waals surface area contributed by atoms with Crippen LogP contribution in [0, 0.1) is 11.8 Å². The van der Waals surface area contributed by atoms with Gasteiger partial charge >= 0.3 is 0 Å². The molecule has 0 aromatic rings. The number of halogens is 1. The Morgan fingerprint density at radius 1 is 1.03 bits per heavy atom. The number of carbonyl (C=O) groups is 1. The van der Waals surface area contributed by atoms with Gasteiger partial charge in [-0.3, -0.25) is 9.79 Å². The summed E-state index contributed by atoms with van der Waals surface area (Å²) in [5.41, 5.74) is 0. The highest BCUT2D eigenvalue weighted by atomic mass is 127. The highest BCUT2D eigenvalue weighted by Crippen LogP contribution is 2.27. The Labute approximate surface area is 194 Å². The van der Waals surface area contributed by atoms with Gasteiger partial charge in [-0.1, -0.05) is 19.8 Å². The highest BCUT2D eigenvalue weighted by Gasteiger charge is 2.32. The average Bonchev–Trinajstić information content (AvgIpc) is 3.40. The van der Waals surface area contributed by atoms with Crippen molar-refractivity contribution >= 4 is 35.8 Å². The number of hydrogen-bond acceptors (Lipinski definition) is 3. The molecule has 1 atom stereocenters. The van der Waals surface area contributed by atoms with Crippen molar-refractivity contribution in [2.45, 2.75) is 71.3 Å². The Bertz CT molecular complexity index is 515. The first kappa shape index (κ1) is 24.7. The summed E-state index contributed by atoms with van der Waals surface area (Å²) in [6.07, 6.45) is 9.47. The van der Waals surface area contributed by atoms with Crippen molar-refractivity contribution in [2.75, 3.05) is 45.8 Å². The minimum Gasteiger partial charge on any atom is -0.357 e. The number of likely N-dealkylation sites (tertiary alicyclic amines) is 2. The number of nitrogens with one attached hydrogen (secondary N) is 2. The third kappa shape index (κ3) is 7.56. The van der Waals surface area contributed by atoms with E-state index in [0.717, 1.165) is 57.3 Å². The van der Waals surface area contributed by atoms with E-state index < -0.39 is 0 Å². The normalized spacial score (nSPS) is 24.6. The predicted octanol–water partition coefficient (Wildman–Crippen LogP) is 3.07. The van der Waals surface area contributed by atoms with Gasteiger partial charge in [0.15, 0.2) is 5.96 Å². The number of carbonyl (C=O) groups excluding carboxylic acids is 1. The zero-order chi connectivity index (χ0) is 19.8. The number of nitrogens with zero attached hydrogens (tertiary/aromatic N) is 3. The molecular formula is C22H42IN5O. The maximum Gasteiger partial charge on any atom is 0.225 e. The van der Waals surface area contributed by atoms with Gasteiger partial charge in [-0.25, -0.2) is 0 Å². The van der Waals surface area contributed by atoms with Crippen LogP contribution in [-0.2, 0) is 4.79 Å². The molecule has 29 heavy (non-hydrogen) atoms. The van der Waals surface area contributed by atoms with Gasteiger partial charge in [0.05, 0.1) is 0 Å². The molecule has 0 aromatic heterocycles. The maximum atomic E-state index is 12.6. The van der Waals surface area contributed by atoms with Crippen LogP contribution in [0.4, 0.5) is 0 Å². The fraction of sp³-hybridized carbons (Fsp3) is 0.909. The number of aliphatic imine (C=N–C) groups is 1. The molecule has 0 radical (unpaired) electrons. The first-order valence-corrected chi connectivity index (χ1v) is 11.8. The summed E-state index contributed by atoms with van der Waals surface area (Å²) in [5.74, 6) is 2.43. The Morgan fingerprint density at radius 3 is 2.41 bits per heavy atom. The van der Waals surface area contributed by atoms with E-state index in [9.17, 15) is 4.79 Å². The van der Waals surface area contributed by atoms with Crippen LogP contribution in [0.25, 0.3) is 0 Å². The fourth-order valence-electron chi connectivity index (χ4n) is 4.97. The van der Waals surface area contributed by atoms with Crippen molar-refractivity contribution in [3.63, 3.8) is 0 Å². The third-order valence-electron chi connectivity index (χ3n) is 6.85. The lowest BCUT2D eigenvalue weighted by atomic mass is 9.94. The average molecular weight is 520 g/mol. The lowest BCUT2D eigenvalue weighted by molar-refractivity contribution is -0.134. The first-order chi connectivity index (χ1) is 13.7. The molecular weight excluding hydrogens is 477 g/mol. The molecule has 3 fully saturated rings. The third-order valence-corrected chi connectivity index (χ3v) is 6.85. The molecule has 2 aliphatic heterocycles. The Morgan fingerprint density at radius 2 is 1.76 bits per heavy atom. The van der Waals surface area contributed by atoms with Gasteiger partial charge in [-0.05, 0) is 71.0 Å². The summed E-state index contributed by atoms with van der Waals surface area (Å²) in [7, 11) is 0. The molecule has 2 saturated heterocycles. The van der Waals surface area contributed by atoms with Crippen molar-refractivity contribution in [1.29, 1.82) is 0 Å². The van der Waals surface area contributed by atoms with E-state index in [0.29, 0.717) is 17.9 Å². The van der Waals surface area contributed by atoms with E-state index in [-0.39, 0.29) is 24.0 Å². The van der Waals surface area contributed by atoms with E-state index >= 15 is 0 Å². The fourth-order valence-corrected chi connectivity index (χ4v) is 4.97. The minimum absolute atomic E-state index is 0. The summed E-state index contributed by atoms with van der Waals surface area (Å²) < 4.78 is 0. The Hall–Kier alpha value is -0.570. The zero-order valence-corrected chi connectivity index (χ0v) is 20.8. The Kier molecular flexibility index (Phi) is 11.0. The van der Waals surface area contributed by atoms with Crippen LogP contribution in [0.1, 0.15) is 65.2 Å². The topological polar surface area (TPSA) is 60.0 Å². The van der Waals surface area contributed by atoms with Gasteiger partial charge < -0.3 is 20.4 Å². The number of amides is 1. The van der Waals surface area contributed by atoms with Gasteiger partial charge in [-0.15, -0.1) is 24.0 Å². The SMILES string of the molecule is CCNC(=NCCC1CCN(CC)CC1)NC1CCN(C(=O)C2CCCC2)C1.I. The van der Waals surface area contributed by atoms with Crippen molar-refractivity contribution in [3.05, 3.63) is 0 Å². The van der Waals surface area contributed by atoms with Gasteiger partial charge in [0.1, 0.15) is 0 Å². The largest absolute Gasteiger partial charge is 0.357 e. The molecule has 6 nitrogen and oxygen atoms in total. The van der Waals surface area contributed by atoms with Gasteiger partial charge in [0.25, 0.3) is 0 Å². The van der Waals surface area contributed by atoms with Crippen LogP contribution < -0.4 is 10.6 Å². The zero-order valence-electron chi connectivity index (χ0n) is 18.5. The van der Waals surface area contributed by atoms with Crippen LogP contribution in [-0.4, -0.2) is 73.5 Å². The van der Waals surface area contributed by atoms with E-state index in [1.165, 1.54) is 51.7 Å². The van der Waals surface area contributed by atoms with E-state index in [1.807, 2.05) is 0 Å². The van der Waals surface area contributed by atoms with Crippen molar-refractivity contribution in [2.24, 2.45) is 16.8 Å². The van der Waals surface area contributed by atoms with Gasteiger partial charge in [0, 0.05) is 38.1 Å². The standard InChI is InChI=1S/C22H41N5O.HI/c1-3-23-22(24-13-9-18-10-14-26(4-2)15-11-18)25-20-12-16-27(17-20)21(28)19-7-5-6-8-19;/h18-20H,3-17H2,1-2H3,(H2,23,24,25);1H. The summed E-state index contributed by atoms with van der Waals surface area (Å²) >= 11 is 0. The smallest absolute Gasteiger partial charge is 0.225 e. The maximum absolute atomic E-state index is 12.6. The molecule has 0 bridgehead atoms. The quantitative estimate of drug-likeness (QED) is 0.309. The Balaban J connectivity index is 0.00000300. The van der Waals surface area contributed by atoms with Crippen molar-refractivity contribution in [3.8, 4) is 0 Å². The molecule has 168 valence electrons. The van der Waals surface area contributed by atoms with Gasteiger partial charge in [-0.2, -0.15) is 0 Å². The molecule has 0 aromatic carbocycles. The molecule has 1 saturated carbocycles. The molecule has 2 heterocycles. The summed E-state index contributed by atoms with van der Waals surface area (Å²) in [5, 5.41) is 6.97. The monoisotopic (exact) mass is 519 g/mol. The van der Waals surface area contributed by atoms with Crippen LogP contribution in [0.3, 0.4) is 0 Å². The van der Waals surface area contributed by atoms with Crippen LogP contribution in [0.5, 0.6) is 0 Å². The molecule has 3 aliphatic rings. The minimum atomic E-state index is 0. The number of guanidine groups is 1. The molecule has 1 unspecified atom stereocenters. The lowest BCUT2D eigenvalue weighted by Crippen LogP contribution is -2.45. The van der Waals surface area contributed by atoms with E-state index in [2.05, 4.69) is 34.3 Å². The first-order valence-electron chi connectivity index (χ1n) is 11.8. The van der Waals surface area contributed by atoms with Crippen molar-refractivity contribution < 1.29 is 4.79 Å². The molecule has 7 heteroatoms. The second-order valence-corrected chi connectivity index (χ2v) is 8.82. The van der Waals surface area contributed by atoms with E-state index in [1.54, 1.807) is 0 Å². The van der Waals surface area contributed by atoms with Crippen LogP contribution in [0.2, 0.25) is 0 Å². The summed E-state index contributed by atoms with van der Waals surface area (Å²) in [4.78, 5) is 22.1. The van der Waals surface area contributed by atoms with Crippen LogP contribution >= 0.6 is 24.0 Å². The summed E-state index contributed by atoms with van der Waals surface area (Å²) in [6.45, 7) is 11.5. The molecule has 3 rings (SSSR count). The predicted molar refractivity (Wildman–Crippen MR) is 131 cm³/mol. The number of rotatable bonds is 7. The van der Waals surface area contributed by atoms with Gasteiger partial charge in [0.2, 0.25) is 5.91 Å². The second kappa shape index (κ2) is 13.0. The molecule has 2 N–H and O–H groups in total. The van der Waals surface area contributed by atoms with E-state index in [4.69, 9.17) is 4.99 Å².